The summed E-state index contributed by atoms with van der Waals surface area (Å²) in [4.78, 5) is 23.8. The fraction of sp³-hybridized carbons (Fsp3) is 0.462. The Balaban J connectivity index is 2.23. The van der Waals surface area contributed by atoms with Crippen LogP contribution in [0.1, 0.15) is 19.8 Å². The van der Waals surface area contributed by atoms with Crippen LogP contribution in [0.5, 0.6) is 0 Å². The zero-order chi connectivity index (χ0) is 15.6. The molecular formula is C13H15F2N3O3. The molecule has 114 valence electrons. The first-order valence-electron chi connectivity index (χ1n) is 6.59. The molecule has 0 aliphatic carbocycles. The molecule has 0 bridgehead atoms. The molecule has 1 heterocycles. The van der Waals surface area contributed by atoms with Crippen LogP contribution in [0.4, 0.5) is 20.2 Å². The van der Waals surface area contributed by atoms with Crippen LogP contribution in [0.3, 0.4) is 0 Å². The first kappa shape index (κ1) is 15.1. The molecule has 1 N–H and O–H groups in total. The zero-order valence-corrected chi connectivity index (χ0v) is 11.4. The van der Waals surface area contributed by atoms with Crippen LogP contribution in [0.2, 0.25) is 0 Å². The summed E-state index contributed by atoms with van der Waals surface area (Å²) >= 11 is 0. The molecule has 8 heteroatoms. The number of carbonyl (C=O) groups excluding carboxylic acids is 1. The largest absolute Gasteiger partial charge is 0.366 e. The van der Waals surface area contributed by atoms with Crippen LogP contribution in [0.25, 0.3) is 0 Å². The predicted molar refractivity (Wildman–Crippen MR) is 71.9 cm³/mol. The van der Waals surface area contributed by atoms with E-state index in [9.17, 15) is 23.7 Å². The third-order valence-electron chi connectivity index (χ3n) is 3.42. The highest BCUT2D eigenvalue weighted by molar-refractivity contribution is 5.85. The van der Waals surface area contributed by atoms with Gasteiger partial charge in [0.05, 0.1) is 4.92 Å². The van der Waals surface area contributed by atoms with E-state index in [-0.39, 0.29) is 5.91 Å². The summed E-state index contributed by atoms with van der Waals surface area (Å²) in [6.45, 7) is 2.69. The van der Waals surface area contributed by atoms with Gasteiger partial charge in [-0.3, -0.25) is 14.9 Å². The molecule has 2 rings (SSSR count). The van der Waals surface area contributed by atoms with E-state index in [2.05, 4.69) is 5.32 Å². The summed E-state index contributed by atoms with van der Waals surface area (Å²) in [6, 6.07) is 0.678. The molecular weight excluding hydrogens is 284 g/mol. The van der Waals surface area contributed by atoms with Crippen molar-refractivity contribution in [2.75, 3.05) is 18.4 Å². The van der Waals surface area contributed by atoms with Crippen molar-refractivity contribution in [3.8, 4) is 0 Å². The second-order valence-electron chi connectivity index (χ2n) is 4.91. The van der Waals surface area contributed by atoms with Gasteiger partial charge in [0.15, 0.2) is 17.3 Å². The normalized spacial score (nSPS) is 15.9. The van der Waals surface area contributed by atoms with E-state index in [1.165, 1.54) is 6.92 Å². The molecule has 6 nitrogen and oxygen atoms in total. The third-order valence-corrected chi connectivity index (χ3v) is 3.42. The number of nitro groups is 1. The number of rotatable bonds is 4. The van der Waals surface area contributed by atoms with Gasteiger partial charge in [-0.1, -0.05) is 0 Å². The number of nitrogens with zero attached hydrogens (tertiary/aromatic N) is 2. The molecule has 1 fully saturated rings. The minimum atomic E-state index is -1.36. The lowest BCUT2D eigenvalue weighted by Crippen LogP contribution is -2.39. The van der Waals surface area contributed by atoms with Crippen LogP contribution >= 0.6 is 0 Å². The molecule has 1 aromatic carbocycles. The summed E-state index contributed by atoms with van der Waals surface area (Å²) in [5.41, 5.74) is -1.20. The number of likely N-dealkylation sites (tertiary alicyclic amines) is 1. The van der Waals surface area contributed by atoms with Crippen molar-refractivity contribution in [3.63, 3.8) is 0 Å². The standard InChI is InChI=1S/C13H15F2N3O3/c1-8(13(19)17-6-2-3-7-17)16-12-10(18(20)21)5-4-9(14)11(12)15/h4-5,8,16H,2-3,6-7H2,1H3. The van der Waals surface area contributed by atoms with Crippen molar-refractivity contribution in [2.24, 2.45) is 0 Å². The number of carbonyl (C=O) groups is 1. The number of hydrogen-bond donors (Lipinski definition) is 1. The Labute approximate surface area is 119 Å². The molecule has 0 saturated carbocycles. The van der Waals surface area contributed by atoms with Gasteiger partial charge in [-0.05, 0) is 25.8 Å². The fourth-order valence-electron chi connectivity index (χ4n) is 2.32. The predicted octanol–water partition coefficient (Wildman–Crippen LogP) is 2.30. The molecule has 1 amide bonds. The second-order valence-corrected chi connectivity index (χ2v) is 4.91. The quantitative estimate of drug-likeness (QED) is 0.683. The highest BCUT2D eigenvalue weighted by Crippen LogP contribution is 2.30. The molecule has 1 unspecified atom stereocenters. The average molecular weight is 299 g/mol. The molecule has 0 radical (unpaired) electrons. The number of nitrogens with one attached hydrogen (secondary N) is 1. The number of halogens is 2. The first-order valence-corrected chi connectivity index (χ1v) is 6.59. The molecule has 0 aromatic heterocycles. The molecule has 1 aliphatic heterocycles. The van der Waals surface area contributed by atoms with E-state index in [1.54, 1.807) is 4.90 Å². The Hall–Kier alpha value is -2.25. The lowest BCUT2D eigenvalue weighted by molar-refractivity contribution is -0.384. The molecule has 1 saturated heterocycles. The lowest BCUT2D eigenvalue weighted by Gasteiger charge is -2.22. The summed E-state index contributed by atoms with van der Waals surface area (Å²) in [6.07, 6.45) is 1.79. The van der Waals surface area contributed by atoms with E-state index < -0.39 is 34.0 Å². The van der Waals surface area contributed by atoms with Gasteiger partial charge in [-0.15, -0.1) is 0 Å². The van der Waals surface area contributed by atoms with Crippen molar-refractivity contribution in [1.29, 1.82) is 0 Å². The molecule has 0 spiro atoms. The van der Waals surface area contributed by atoms with Gasteiger partial charge in [0, 0.05) is 19.2 Å². The maximum Gasteiger partial charge on any atom is 0.295 e. The van der Waals surface area contributed by atoms with Gasteiger partial charge in [0.25, 0.3) is 5.69 Å². The lowest BCUT2D eigenvalue weighted by atomic mass is 10.2. The van der Waals surface area contributed by atoms with Gasteiger partial charge in [-0.2, -0.15) is 0 Å². The van der Waals surface area contributed by atoms with Crippen molar-refractivity contribution in [2.45, 2.75) is 25.8 Å². The number of amides is 1. The highest BCUT2D eigenvalue weighted by Gasteiger charge is 2.28. The third kappa shape index (κ3) is 3.09. The van der Waals surface area contributed by atoms with E-state index >= 15 is 0 Å². The molecule has 21 heavy (non-hydrogen) atoms. The summed E-state index contributed by atoms with van der Waals surface area (Å²) in [5.74, 6) is -2.85. The van der Waals surface area contributed by atoms with Crippen LogP contribution in [-0.2, 0) is 4.79 Å². The first-order chi connectivity index (χ1) is 9.91. The number of benzene rings is 1. The molecule has 1 aliphatic rings. The Bertz CT molecular complexity index is 574. The minimum absolute atomic E-state index is 0.287. The van der Waals surface area contributed by atoms with E-state index in [0.717, 1.165) is 18.9 Å². The van der Waals surface area contributed by atoms with E-state index in [0.29, 0.717) is 19.2 Å². The van der Waals surface area contributed by atoms with Crippen LogP contribution in [-0.4, -0.2) is 34.9 Å². The maximum absolute atomic E-state index is 13.8. The molecule has 1 atom stereocenters. The highest BCUT2D eigenvalue weighted by atomic mass is 19.2. The van der Waals surface area contributed by atoms with Gasteiger partial charge in [0.1, 0.15) is 6.04 Å². The van der Waals surface area contributed by atoms with Gasteiger partial charge in [-0.25, -0.2) is 8.78 Å². The Morgan fingerprint density at radius 3 is 2.57 bits per heavy atom. The molecule has 1 aromatic rings. The zero-order valence-electron chi connectivity index (χ0n) is 11.4. The number of hydrogen-bond acceptors (Lipinski definition) is 4. The van der Waals surface area contributed by atoms with Crippen LogP contribution in [0, 0.1) is 21.7 Å². The van der Waals surface area contributed by atoms with Crippen molar-refractivity contribution in [1.82, 2.24) is 4.90 Å². The minimum Gasteiger partial charge on any atom is -0.366 e. The van der Waals surface area contributed by atoms with E-state index in [4.69, 9.17) is 0 Å². The van der Waals surface area contributed by atoms with Gasteiger partial charge in [0.2, 0.25) is 5.91 Å². The summed E-state index contributed by atoms with van der Waals surface area (Å²) in [7, 11) is 0. The average Bonchev–Trinajstić information content (AvgIpc) is 2.96. The Morgan fingerprint density at radius 1 is 1.38 bits per heavy atom. The van der Waals surface area contributed by atoms with Crippen molar-refractivity contribution in [3.05, 3.63) is 33.9 Å². The van der Waals surface area contributed by atoms with E-state index in [1.807, 2.05) is 0 Å². The Morgan fingerprint density at radius 2 is 2.00 bits per heavy atom. The second kappa shape index (κ2) is 6.02. The SMILES string of the molecule is CC(Nc1c([N+](=O)[O-])ccc(F)c1F)C(=O)N1CCCC1. The van der Waals surface area contributed by atoms with Gasteiger partial charge < -0.3 is 10.2 Å². The summed E-state index contributed by atoms with van der Waals surface area (Å²) in [5, 5.41) is 13.3. The number of anilines is 1. The maximum atomic E-state index is 13.8. The van der Waals surface area contributed by atoms with Crippen LogP contribution < -0.4 is 5.32 Å². The Kier molecular flexibility index (Phi) is 4.35. The van der Waals surface area contributed by atoms with Gasteiger partial charge >= 0.3 is 0 Å². The van der Waals surface area contributed by atoms with Crippen LogP contribution in [0.15, 0.2) is 12.1 Å². The fourth-order valence-corrected chi connectivity index (χ4v) is 2.32. The van der Waals surface area contributed by atoms with Crippen molar-refractivity contribution < 1.29 is 18.5 Å². The monoisotopic (exact) mass is 299 g/mol. The number of nitro benzene ring substituents is 1. The smallest absolute Gasteiger partial charge is 0.295 e. The van der Waals surface area contributed by atoms with Crippen molar-refractivity contribution >= 4 is 17.3 Å². The topological polar surface area (TPSA) is 75.5 Å². The summed E-state index contributed by atoms with van der Waals surface area (Å²) < 4.78 is 27.0.